The first-order valence-corrected chi connectivity index (χ1v) is 4.39. The molecule has 0 aliphatic carbocycles. The number of nitrogens with one attached hydrogen (secondary N) is 2. The Morgan fingerprint density at radius 1 is 1.21 bits per heavy atom. The third-order valence-corrected chi connectivity index (χ3v) is 2.43. The maximum atomic E-state index is 11.1. The summed E-state index contributed by atoms with van der Waals surface area (Å²) in [5.74, 6) is 0.797. The second-order valence-electron chi connectivity index (χ2n) is 3.35. The number of hydrogen-bond donors (Lipinski definition) is 2. The lowest BCUT2D eigenvalue weighted by atomic mass is 10.1. The molecule has 0 spiro atoms. The summed E-state index contributed by atoms with van der Waals surface area (Å²) in [5.41, 5.74) is 3.45. The first kappa shape index (κ1) is 8.87. The van der Waals surface area contributed by atoms with Crippen LogP contribution in [-0.2, 0) is 0 Å². The Balaban J connectivity index is 2.93. The normalized spacial score (nSPS) is 10.8. The van der Waals surface area contributed by atoms with Crippen molar-refractivity contribution in [2.24, 2.45) is 0 Å². The van der Waals surface area contributed by atoms with Crippen LogP contribution >= 0.6 is 0 Å². The predicted octanol–water partition coefficient (Wildman–Crippen LogP) is 1.48. The number of ether oxygens (including phenoxy) is 1. The van der Waals surface area contributed by atoms with Gasteiger partial charge in [0.2, 0.25) is 0 Å². The molecule has 1 aromatic carbocycles. The van der Waals surface area contributed by atoms with Gasteiger partial charge in [0.15, 0.2) is 0 Å². The molecule has 0 unspecified atom stereocenters. The lowest BCUT2D eigenvalue weighted by Gasteiger charge is -2.06. The van der Waals surface area contributed by atoms with Crippen LogP contribution in [0.4, 0.5) is 0 Å². The molecular weight excluding hydrogens is 180 g/mol. The maximum absolute atomic E-state index is 11.1. The van der Waals surface area contributed by atoms with Gasteiger partial charge in [0.05, 0.1) is 18.1 Å². The molecule has 0 aliphatic rings. The molecular formula is C10H12N2O2. The number of imidazole rings is 1. The molecule has 4 nitrogen and oxygen atoms in total. The van der Waals surface area contributed by atoms with E-state index in [0.717, 1.165) is 27.9 Å². The summed E-state index contributed by atoms with van der Waals surface area (Å²) < 4.78 is 5.21. The molecule has 2 aromatic rings. The zero-order valence-corrected chi connectivity index (χ0v) is 8.39. The highest BCUT2D eigenvalue weighted by molar-refractivity contribution is 5.83. The Morgan fingerprint density at radius 3 is 2.50 bits per heavy atom. The Labute approximate surface area is 80.9 Å². The van der Waals surface area contributed by atoms with Crippen molar-refractivity contribution in [3.8, 4) is 5.75 Å². The average Bonchev–Trinajstić information content (AvgIpc) is 2.54. The van der Waals surface area contributed by atoms with E-state index in [1.165, 1.54) is 0 Å². The van der Waals surface area contributed by atoms with Crippen LogP contribution < -0.4 is 10.4 Å². The fraction of sp³-hybridized carbons (Fsp3) is 0.300. The molecule has 0 radical (unpaired) electrons. The van der Waals surface area contributed by atoms with Crippen molar-refractivity contribution in [3.63, 3.8) is 0 Å². The van der Waals surface area contributed by atoms with Crippen LogP contribution in [0.15, 0.2) is 10.9 Å². The first-order chi connectivity index (χ1) is 6.63. The smallest absolute Gasteiger partial charge is 0.323 e. The van der Waals surface area contributed by atoms with Gasteiger partial charge in [-0.3, -0.25) is 0 Å². The molecule has 0 saturated heterocycles. The van der Waals surface area contributed by atoms with Gasteiger partial charge in [0.25, 0.3) is 0 Å². The fourth-order valence-electron chi connectivity index (χ4n) is 1.67. The second kappa shape index (κ2) is 2.90. The summed E-state index contributed by atoms with van der Waals surface area (Å²) in [4.78, 5) is 16.6. The number of rotatable bonds is 1. The van der Waals surface area contributed by atoms with Crippen LogP contribution in [0.1, 0.15) is 11.1 Å². The van der Waals surface area contributed by atoms with Crippen molar-refractivity contribution in [1.29, 1.82) is 0 Å². The van der Waals surface area contributed by atoms with Gasteiger partial charge in [-0.05, 0) is 25.5 Å². The minimum atomic E-state index is -0.181. The minimum absolute atomic E-state index is 0.181. The fourth-order valence-corrected chi connectivity index (χ4v) is 1.67. The molecule has 2 N–H and O–H groups in total. The number of aryl methyl sites for hydroxylation is 2. The number of H-pyrrole nitrogens is 2. The molecule has 1 heterocycles. The van der Waals surface area contributed by atoms with Crippen molar-refractivity contribution in [2.45, 2.75) is 13.8 Å². The summed E-state index contributed by atoms with van der Waals surface area (Å²) in [7, 11) is 1.62. The Hall–Kier alpha value is -1.71. The van der Waals surface area contributed by atoms with Crippen molar-refractivity contribution < 1.29 is 4.74 Å². The van der Waals surface area contributed by atoms with Crippen LogP contribution in [0.2, 0.25) is 0 Å². The van der Waals surface area contributed by atoms with E-state index in [4.69, 9.17) is 4.74 Å². The molecule has 1 aromatic heterocycles. The maximum Gasteiger partial charge on any atom is 0.323 e. The zero-order chi connectivity index (χ0) is 10.3. The van der Waals surface area contributed by atoms with E-state index < -0.39 is 0 Å². The van der Waals surface area contributed by atoms with Crippen LogP contribution in [0, 0.1) is 13.8 Å². The molecule has 4 heteroatoms. The van der Waals surface area contributed by atoms with Gasteiger partial charge in [-0.1, -0.05) is 0 Å². The summed E-state index contributed by atoms with van der Waals surface area (Å²) in [6.45, 7) is 3.86. The summed E-state index contributed by atoms with van der Waals surface area (Å²) in [6.07, 6.45) is 0. The average molecular weight is 192 g/mol. The molecule has 0 aliphatic heterocycles. The first-order valence-electron chi connectivity index (χ1n) is 4.39. The lowest BCUT2D eigenvalue weighted by Crippen LogP contribution is -1.99. The number of aromatic amines is 2. The molecule has 0 bridgehead atoms. The Bertz CT molecular complexity index is 537. The molecule has 0 amide bonds. The van der Waals surface area contributed by atoms with Crippen LogP contribution in [0.5, 0.6) is 5.75 Å². The zero-order valence-electron chi connectivity index (χ0n) is 8.39. The number of methoxy groups -OCH3 is 1. The van der Waals surface area contributed by atoms with Gasteiger partial charge >= 0.3 is 5.69 Å². The highest BCUT2D eigenvalue weighted by Gasteiger charge is 2.09. The van der Waals surface area contributed by atoms with Gasteiger partial charge in [-0.15, -0.1) is 0 Å². The molecule has 0 atom stereocenters. The predicted molar refractivity (Wildman–Crippen MR) is 54.9 cm³/mol. The van der Waals surface area contributed by atoms with Gasteiger partial charge in [-0.2, -0.15) is 0 Å². The summed E-state index contributed by atoms with van der Waals surface area (Å²) in [6, 6.07) is 1.92. The van der Waals surface area contributed by atoms with E-state index >= 15 is 0 Å². The highest BCUT2D eigenvalue weighted by atomic mass is 16.5. The summed E-state index contributed by atoms with van der Waals surface area (Å²) >= 11 is 0. The van der Waals surface area contributed by atoms with Crippen molar-refractivity contribution in [1.82, 2.24) is 9.97 Å². The molecule has 74 valence electrons. The highest BCUT2D eigenvalue weighted by Crippen LogP contribution is 2.26. The van der Waals surface area contributed by atoms with E-state index in [1.54, 1.807) is 7.11 Å². The molecule has 0 fully saturated rings. The minimum Gasteiger partial charge on any atom is -0.496 e. The molecule has 0 saturated carbocycles. The van der Waals surface area contributed by atoms with Gasteiger partial charge < -0.3 is 14.7 Å². The van der Waals surface area contributed by atoms with Crippen LogP contribution in [0.3, 0.4) is 0 Å². The number of benzene rings is 1. The number of hydrogen-bond acceptors (Lipinski definition) is 2. The van der Waals surface area contributed by atoms with Gasteiger partial charge in [0, 0.05) is 5.56 Å². The number of aromatic nitrogens is 2. The van der Waals surface area contributed by atoms with E-state index in [-0.39, 0.29) is 5.69 Å². The SMILES string of the molecule is COc1cc(C)c2[nH]c(=O)[nH]c2c1C. The standard InChI is InChI=1S/C10H12N2O2/c1-5-4-7(14-3)6(2)9-8(5)11-10(13)12-9/h4H,1-3H3,(H2,11,12,13). The van der Waals surface area contributed by atoms with E-state index in [9.17, 15) is 4.79 Å². The second-order valence-corrected chi connectivity index (χ2v) is 3.35. The van der Waals surface area contributed by atoms with Crippen molar-refractivity contribution in [3.05, 3.63) is 27.7 Å². The van der Waals surface area contributed by atoms with Gasteiger partial charge in [-0.25, -0.2) is 4.79 Å². The van der Waals surface area contributed by atoms with E-state index in [0.29, 0.717) is 0 Å². The topological polar surface area (TPSA) is 57.9 Å². The lowest BCUT2D eigenvalue weighted by molar-refractivity contribution is 0.412. The van der Waals surface area contributed by atoms with Gasteiger partial charge in [0.1, 0.15) is 5.75 Å². The van der Waals surface area contributed by atoms with Crippen molar-refractivity contribution in [2.75, 3.05) is 7.11 Å². The molecule has 2 rings (SSSR count). The largest absolute Gasteiger partial charge is 0.496 e. The quantitative estimate of drug-likeness (QED) is 0.719. The third kappa shape index (κ3) is 1.11. The van der Waals surface area contributed by atoms with E-state index in [1.807, 2.05) is 19.9 Å². The number of fused-ring (bicyclic) bond motifs is 1. The Kier molecular flexibility index (Phi) is 1.84. The monoisotopic (exact) mass is 192 g/mol. The van der Waals surface area contributed by atoms with Crippen LogP contribution in [0.25, 0.3) is 11.0 Å². The van der Waals surface area contributed by atoms with Crippen LogP contribution in [-0.4, -0.2) is 17.1 Å². The molecule has 14 heavy (non-hydrogen) atoms. The van der Waals surface area contributed by atoms with E-state index in [2.05, 4.69) is 9.97 Å². The van der Waals surface area contributed by atoms with Crippen molar-refractivity contribution >= 4 is 11.0 Å². The third-order valence-electron chi connectivity index (χ3n) is 2.43. The Morgan fingerprint density at radius 2 is 1.86 bits per heavy atom. The summed E-state index contributed by atoms with van der Waals surface area (Å²) in [5, 5.41) is 0.